The van der Waals surface area contributed by atoms with Crippen LogP contribution >= 0.6 is 23.1 Å². The normalized spacial score (nSPS) is 10.6. The molecule has 0 unspecified atom stereocenters. The van der Waals surface area contributed by atoms with E-state index in [1.807, 2.05) is 36.0 Å². The van der Waals surface area contributed by atoms with Gasteiger partial charge in [-0.3, -0.25) is 0 Å². The lowest BCUT2D eigenvalue weighted by Crippen LogP contribution is -1.88. The van der Waals surface area contributed by atoms with Gasteiger partial charge in [0, 0.05) is 23.1 Å². The van der Waals surface area contributed by atoms with Crippen LogP contribution in [0, 0.1) is 0 Å². The van der Waals surface area contributed by atoms with Gasteiger partial charge in [-0.15, -0.1) is 11.3 Å². The van der Waals surface area contributed by atoms with E-state index in [0.717, 1.165) is 29.1 Å². The number of nitrogens with zero attached hydrogens (tertiary/aromatic N) is 1. The molecule has 0 saturated carbocycles. The summed E-state index contributed by atoms with van der Waals surface area (Å²) in [5.41, 5.74) is 8.67. The number of hydrogen-bond donors (Lipinski definition) is 1. The minimum atomic E-state index is 0.795. The number of aromatic nitrogens is 1. The first-order valence-corrected chi connectivity index (χ1v) is 7.71. The summed E-state index contributed by atoms with van der Waals surface area (Å²) >= 11 is 3.70. The van der Waals surface area contributed by atoms with Crippen LogP contribution in [-0.2, 0) is 6.42 Å². The van der Waals surface area contributed by atoms with Crippen LogP contribution in [0.5, 0.6) is 0 Å². The molecule has 17 heavy (non-hydrogen) atoms. The van der Waals surface area contributed by atoms with Gasteiger partial charge in [-0.05, 0) is 23.6 Å². The maximum absolute atomic E-state index is 5.67. The fourth-order valence-corrected chi connectivity index (χ4v) is 3.08. The molecule has 0 aliphatic rings. The van der Waals surface area contributed by atoms with E-state index >= 15 is 0 Å². The van der Waals surface area contributed by atoms with Gasteiger partial charge in [-0.1, -0.05) is 19.1 Å². The van der Waals surface area contributed by atoms with Crippen molar-refractivity contribution in [3.05, 3.63) is 34.7 Å². The van der Waals surface area contributed by atoms with Crippen LogP contribution in [0.3, 0.4) is 0 Å². The number of thioether (sulfide) groups is 1. The average Bonchev–Trinajstić information content (AvgIpc) is 2.79. The summed E-state index contributed by atoms with van der Waals surface area (Å²) in [6.07, 6.45) is 1.07. The summed E-state index contributed by atoms with van der Waals surface area (Å²) < 4.78 is 0. The Balaban J connectivity index is 2.04. The molecule has 90 valence electrons. The number of benzene rings is 1. The molecule has 0 aliphatic carbocycles. The quantitative estimate of drug-likeness (QED) is 0.661. The molecule has 1 aromatic heterocycles. The molecule has 0 fully saturated rings. The lowest BCUT2D eigenvalue weighted by Gasteiger charge is -1.97. The van der Waals surface area contributed by atoms with Crippen molar-refractivity contribution in [1.82, 2.24) is 4.98 Å². The van der Waals surface area contributed by atoms with Crippen LogP contribution in [0.4, 0.5) is 5.69 Å². The summed E-state index contributed by atoms with van der Waals surface area (Å²) in [5.74, 6) is 2.33. The standard InChI is InChI=1S/C13H16N2S2/c1-2-16-8-7-13-15-12(9-17-13)10-3-5-11(14)6-4-10/h3-6,9H,2,7-8,14H2,1H3. The molecule has 2 aromatic rings. The number of anilines is 1. The molecule has 0 atom stereocenters. The van der Waals surface area contributed by atoms with E-state index in [4.69, 9.17) is 5.73 Å². The monoisotopic (exact) mass is 264 g/mol. The lowest BCUT2D eigenvalue weighted by molar-refractivity contribution is 1.11. The predicted molar refractivity (Wildman–Crippen MR) is 78.7 cm³/mol. The van der Waals surface area contributed by atoms with Crippen molar-refractivity contribution < 1.29 is 0 Å². The van der Waals surface area contributed by atoms with Crippen LogP contribution in [0.1, 0.15) is 11.9 Å². The Kier molecular flexibility index (Phi) is 4.45. The SMILES string of the molecule is CCSCCc1nc(-c2ccc(N)cc2)cs1. The second-order valence-electron chi connectivity index (χ2n) is 3.70. The Morgan fingerprint density at radius 2 is 2.06 bits per heavy atom. The van der Waals surface area contributed by atoms with E-state index in [2.05, 4.69) is 17.3 Å². The molecule has 0 amide bonds. The highest BCUT2D eigenvalue weighted by atomic mass is 32.2. The van der Waals surface area contributed by atoms with Crippen molar-refractivity contribution in [2.24, 2.45) is 0 Å². The van der Waals surface area contributed by atoms with Crippen molar-refractivity contribution in [1.29, 1.82) is 0 Å². The molecule has 0 spiro atoms. The Morgan fingerprint density at radius 3 is 2.76 bits per heavy atom. The molecule has 0 aliphatic heterocycles. The topological polar surface area (TPSA) is 38.9 Å². The minimum Gasteiger partial charge on any atom is -0.399 e. The molecule has 2 N–H and O–H groups in total. The van der Waals surface area contributed by atoms with Crippen LogP contribution in [-0.4, -0.2) is 16.5 Å². The Morgan fingerprint density at radius 1 is 1.29 bits per heavy atom. The van der Waals surface area contributed by atoms with Crippen molar-refractivity contribution in [2.45, 2.75) is 13.3 Å². The van der Waals surface area contributed by atoms with E-state index in [0.29, 0.717) is 0 Å². The zero-order valence-electron chi connectivity index (χ0n) is 9.85. The Hall–Kier alpha value is -1.00. The van der Waals surface area contributed by atoms with E-state index in [1.54, 1.807) is 11.3 Å². The van der Waals surface area contributed by atoms with Gasteiger partial charge in [0.25, 0.3) is 0 Å². The fraction of sp³-hybridized carbons (Fsp3) is 0.308. The molecular formula is C13H16N2S2. The minimum absolute atomic E-state index is 0.795. The third-order valence-corrected chi connectivity index (χ3v) is 4.23. The van der Waals surface area contributed by atoms with Crippen LogP contribution in [0.2, 0.25) is 0 Å². The number of hydrogen-bond acceptors (Lipinski definition) is 4. The zero-order chi connectivity index (χ0) is 12.1. The van der Waals surface area contributed by atoms with Gasteiger partial charge in [0.15, 0.2) is 0 Å². The van der Waals surface area contributed by atoms with Crippen molar-refractivity contribution in [2.75, 3.05) is 17.2 Å². The molecule has 0 saturated heterocycles. The Bertz CT molecular complexity index is 463. The maximum Gasteiger partial charge on any atom is 0.0940 e. The molecule has 2 rings (SSSR count). The molecule has 1 aromatic carbocycles. The van der Waals surface area contributed by atoms with Crippen LogP contribution in [0.15, 0.2) is 29.6 Å². The van der Waals surface area contributed by atoms with Crippen molar-refractivity contribution in [3.63, 3.8) is 0 Å². The summed E-state index contributed by atoms with van der Waals surface area (Å²) in [7, 11) is 0. The number of nitrogens with two attached hydrogens (primary N) is 1. The van der Waals surface area contributed by atoms with E-state index in [-0.39, 0.29) is 0 Å². The second kappa shape index (κ2) is 6.07. The molecule has 4 heteroatoms. The summed E-state index contributed by atoms with van der Waals surface area (Å²) in [6, 6.07) is 7.88. The number of thiazole rings is 1. The largest absolute Gasteiger partial charge is 0.399 e. The van der Waals surface area contributed by atoms with E-state index in [1.165, 1.54) is 10.8 Å². The molecule has 0 radical (unpaired) electrons. The Labute approximate surface area is 110 Å². The third-order valence-electron chi connectivity index (χ3n) is 2.42. The highest BCUT2D eigenvalue weighted by Gasteiger charge is 2.04. The van der Waals surface area contributed by atoms with Gasteiger partial charge in [0.1, 0.15) is 0 Å². The van der Waals surface area contributed by atoms with Crippen LogP contribution in [0.25, 0.3) is 11.3 Å². The molecular weight excluding hydrogens is 248 g/mol. The van der Waals surface area contributed by atoms with Gasteiger partial charge in [-0.2, -0.15) is 11.8 Å². The van der Waals surface area contributed by atoms with Gasteiger partial charge in [-0.25, -0.2) is 4.98 Å². The molecule has 1 heterocycles. The van der Waals surface area contributed by atoms with E-state index < -0.39 is 0 Å². The fourth-order valence-electron chi connectivity index (χ4n) is 1.52. The third kappa shape index (κ3) is 3.48. The average molecular weight is 264 g/mol. The first kappa shape index (κ1) is 12.5. The number of aryl methyl sites for hydroxylation is 1. The second-order valence-corrected chi connectivity index (χ2v) is 6.03. The zero-order valence-corrected chi connectivity index (χ0v) is 11.5. The van der Waals surface area contributed by atoms with E-state index in [9.17, 15) is 0 Å². The maximum atomic E-state index is 5.67. The first-order chi connectivity index (χ1) is 8.29. The first-order valence-electron chi connectivity index (χ1n) is 5.67. The van der Waals surface area contributed by atoms with Crippen LogP contribution < -0.4 is 5.73 Å². The summed E-state index contributed by atoms with van der Waals surface area (Å²) in [4.78, 5) is 4.65. The highest BCUT2D eigenvalue weighted by molar-refractivity contribution is 7.99. The van der Waals surface area contributed by atoms with Gasteiger partial charge in [0.05, 0.1) is 10.7 Å². The van der Waals surface area contributed by atoms with Gasteiger partial charge >= 0.3 is 0 Å². The van der Waals surface area contributed by atoms with Crippen molar-refractivity contribution in [3.8, 4) is 11.3 Å². The van der Waals surface area contributed by atoms with Crippen molar-refractivity contribution >= 4 is 28.8 Å². The number of rotatable bonds is 5. The summed E-state index contributed by atoms with van der Waals surface area (Å²) in [6.45, 7) is 2.19. The lowest BCUT2D eigenvalue weighted by atomic mass is 10.1. The van der Waals surface area contributed by atoms with Gasteiger partial charge < -0.3 is 5.73 Å². The molecule has 2 nitrogen and oxygen atoms in total. The highest BCUT2D eigenvalue weighted by Crippen LogP contribution is 2.23. The number of nitrogen functional groups attached to an aromatic ring is 1. The smallest absolute Gasteiger partial charge is 0.0940 e. The van der Waals surface area contributed by atoms with Gasteiger partial charge in [0.2, 0.25) is 0 Å². The summed E-state index contributed by atoms with van der Waals surface area (Å²) in [5, 5.41) is 3.34. The molecule has 0 bridgehead atoms. The predicted octanol–water partition coefficient (Wildman–Crippen LogP) is 3.69.